The Morgan fingerprint density at radius 3 is 2.50 bits per heavy atom. The van der Waals surface area contributed by atoms with Gasteiger partial charge < -0.3 is 0 Å². The van der Waals surface area contributed by atoms with Gasteiger partial charge in [0, 0.05) is 13.0 Å². The number of hydrogen-bond acceptors (Lipinski definition) is 2. The van der Waals surface area contributed by atoms with Crippen LogP contribution in [0.15, 0.2) is 0 Å². The van der Waals surface area contributed by atoms with E-state index in [9.17, 15) is 8.78 Å². The van der Waals surface area contributed by atoms with Crippen LogP contribution in [0.4, 0.5) is 8.78 Å². The van der Waals surface area contributed by atoms with Gasteiger partial charge in [0.05, 0.1) is 18.0 Å². The molecule has 2 nitrogen and oxygen atoms in total. The first-order valence-electron chi connectivity index (χ1n) is 5.07. The first-order chi connectivity index (χ1) is 6.55. The van der Waals surface area contributed by atoms with Gasteiger partial charge in [0.1, 0.15) is 0 Å². The lowest BCUT2D eigenvalue weighted by Crippen LogP contribution is -2.44. The summed E-state index contributed by atoms with van der Waals surface area (Å²) in [6, 6.07) is 2.24. The molecule has 0 aromatic rings. The van der Waals surface area contributed by atoms with Crippen LogP contribution < -0.4 is 0 Å². The highest BCUT2D eigenvalue weighted by Gasteiger charge is 2.46. The van der Waals surface area contributed by atoms with Gasteiger partial charge in [-0.25, -0.2) is 8.78 Å². The van der Waals surface area contributed by atoms with E-state index in [1.54, 1.807) is 4.90 Å². The van der Waals surface area contributed by atoms with Crippen molar-refractivity contribution in [3.8, 4) is 6.07 Å². The van der Waals surface area contributed by atoms with Gasteiger partial charge in [0.15, 0.2) is 0 Å². The predicted molar refractivity (Wildman–Crippen MR) is 47.9 cm³/mol. The molecule has 0 aromatic carbocycles. The van der Waals surface area contributed by atoms with Gasteiger partial charge in [-0.2, -0.15) is 5.26 Å². The Morgan fingerprint density at radius 1 is 1.29 bits per heavy atom. The lowest BCUT2D eigenvalue weighted by molar-refractivity contribution is -0.0664. The van der Waals surface area contributed by atoms with E-state index in [1.807, 2.05) is 0 Å². The molecule has 0 unspecified atom stereocenters. The Hall–Kier alpha value is -0.690. The second-order valence-electron chi connectivity index (χ2n) is 4.56. The number of hydrogen-bond donors (Lipinski definition) is 0. The lowest BCUT2D eigenvalue weighted by Gasteiger charge is -2.33. The van der Waals surface area contributed by atoms with Gasteiger partial charge in [-0.05, 0) is 25.8 Å². The molecular weight excluding hydrogens is 186 g/mol. The number of alkyl halides is 2. The summed E-state index contributed by atoms with van der Waals surface area (Å²) in [5, 5.41) is 8.85. The highest BCUT2D eigenvalue weighted by molar-refractivity contribution is 5.11. The number of halogens is 2. The molecule has 0 atom stereocenters. The molecule has 0 radical (unpaired) electrons. The van der Waals surface area contributed by atoms with Crippen molar-refractivity contribution in [3.63, 3.8) is 0 Å². The molecule has 78 valence electrons. The van der Waals surface area contributed by atoms with Crippen LogP contribution in [-0.2, 0) is 0 Å². The van der Waals surface area contributed by atoms with E-state index in [4.69, 9.17) is 5.26 Å². The van der Waals surface area contributed by atoms with E-state index in [2.05, 4.69) is 6.07 Å². The first kappa shape index (κ1) is 9.85. The highest BCUT2D eigenvalue weighted by atomic mass is 19.3. The topological polar surface area (TPSA) is 27.0 Å². The predicted octanol–water partition coefficient (Wildman–Crippen LogP) is 2.02. The van der Waals surface area contributed by atoms with Gasteiger partial charge in [-0.1, -0.05) is 0 Å². The molecule has 2 fully saturated rings. The van der Waals surface area contributed by atoms with Crippen molar-refractivity contribution in [3.05, 3.63) is 0 Å². The van der Waals surface area contributed by atoms with Crippen molar-refractivity contribution >= 4 is 0 Å². The van der Waals surface area contributed by atoms with E-state index < -0.39 is 5.92 Å². The van der Waals surface area contributed by atoms with Gasteiger partial charge in [0.25, 0.3) is 5.92 Å². The summed E-state index contributed by atoms with van der Waals surface area (Å²) < 4.78 is 26.1. The maximum Gasteiger partial charge on any atom is 0.260 e. The summed E-state index contributed by atoms with van der Waals surface area (Å²) in [7, 11) is 0. The van der Waals surface area contributed by atoms with Gasteiger partial charge in [-0.3, -0.25) is 4.90 Å². The van der Waals surface area contributed by atoms with E-state index in [0.29, 0.717) is 13.0 Å². The second-order valence-corrected chi connectivity index (χ2v) is 4.56. The molecule has 0 amide bonds. The van der Waals surface area contributed by atoms with Crippen LogP contribution in [-0.4, -0.2) is 30.5 Å². The van der Waals surface area contributed by atoms with E-state index in [0.717, 1.165) is 19.4 Å². The highest BCUT2D eigenvalue weighted by Crippen LogP contribution is 2.46. The van der Waals surface area contributed by atoms with Crippen molar-refractivity contribution in [1.29, 1.82) is 5.26 Å². The number of rotatable bonds is 2. The zero-order valence-corrected chi connectivity index (χ0v) is 8.10. The maximum absolute atomic E-state index is 13.0. The zero-order valence-electron chi connectivity index (χ0n) is 8.10. The van der Waals surface area contributed by atoms with Crippen molar-refractivity contribution in [2.75, 3.05) is 19.6 Å². The quantitative estimate of drug-likeness (QED) is 0.681. The minimum absolute atomic E-state index is 0.00303. The van der Waals surface area contributed by atoms with Crippen LogP contribution in [0.2, 0.25) is 0 Å². The Morgan fingerprint density at radius 2 is 2.00 bits per heavy atom. The summed E-state index contributed by atoms with van der Waals surface area (Å²) in [5.74, 6) is -2.54. The number of likely N-dealkylation sites (tertiary alicyclic amines) is 1. The van der Waals surface area contributed by atoms with Gasteiger partial charge in [0.2, 0.25) is 0 Å². The second kappa shape index (κ2) is 3.16. The fourth-order valence-corrected chi connectivity index (χ4v) is 2.07. The molecule has 1 heterocycles. The molecule has 14 heavy (non-hydrogen) atoms. The molecule has 0 bridgehead atoms. The number of nitriles is 1. The average Bonchev–Trinajstić information content (AvgIpc) is 2.84. The Balaban J connectivity index is 1.90. The first-order valence-corrected chi connectivity index (χ1v) is 5.07. The van der Waals surface area contributed by atoms with Gasteiger partial charge >= 0.3 is 0 Å². The number of nitrogens with zero attached hydrogens (tertiary/aromatic N) is 2. The normalized spacial score (nSPS) is 29.5. The largest absolute Gasteiger partial charge is 0.296 e. The molecule has 0 aromatic heterocycles. The average molecular weight is 200 g/mol. The van der Waals surface area contributed by atoms with Crippen LogP contribution in [0.3, 0.4) is 0 Å². The van der Waals surface area contributed by atoms with Crippen LogP contribution in [0.25, 0.3) is 0 Å². The van der Waals surface area contributed by atoms with E-state index in [1.165, 1.54) is 0 Å². The van der Waals surface area contributed by atoms with Gasteiger partial charge in [-0.15, -0.1) is 0 Å². The molecule has 1 saturated carbocycles. The molecule has 2 rings (SSSR count). The standard InChI is InChI=1S/C10H14F2N2/c11-10(12)2-1-5-14(8-10)7-9(6-13)3-4-9/h1-5,7-8H2. The number of piperidine rings is 1. The summed E-state index contributed by atoms with van der Waals surface area (Å²) in [6.45, 7) is 1.11. The molecule has 0 spiro atoms. The van der Waals surface area contributed by atoms with E-state index in [-0.39, 0.29) is 18.4 Å². The molecule has 1 saturated heterocycles. The Bertz CT molecular complexity index is 266. The minimum Gasteiger partial charge on any atom is -0.296 e. The molecule has 1 aliphatic heterocycles. The fraction of sp³-hybridized carbons (Fsp3) is 0.900. The fourth-order valence-electron chi connectivity index (χ4n) is 2.07. The molecule has 2 aliphatic rings. The van der Waals surface area contributed by atoms with Crippen molar-refractivity contribution < 1.29 is 8.78 Å². The lowest BCUT2D eigenvalue weighted by atomic mass is 10.0. The summed E-state index contributed by atoms with van der Waals surface area (Å²) in [6.07, 6.45) is 2.31. The van der Waals surface area contributed by atoms with Crippen LogP contribution in [0.1, 0.15) is 25.7 Å². The summed E-state index contributed by atoms with van der Waals surface area (Å²) >= 11 is 0. The molecule has 4 heteroatoms. The molecule has 0 N–H and O–H groups in total. The van der Waals surface area contributed by atoms with Crippen molar-refractivity contribution in [1.82, 2.24) is 4.90 Å². The van der Waals surface area contributed by atoms with Crippen LogP contribution >= 0.6 is 0 Å². The zero-order chi connectivity index (χ0) is 10.2. The minimum atomic E-state index is -2.54. The third-order valence-electron chi connectivity index (χ3n) is 3.09. The SMILES string of the molecule is N#CC1(CN2CCCC(F)(F)C2)CC1. The monoisotopic (exact) mass is 200 g/mol. The third-order valence-corrected chi connectivity index (χ3v) is 3.09. The molecule has 1 aliphatic carbocycles. The van der Waals surface area contributed by atoms with E-state index >= 15 is 0 Å². The maximum atomic E-state index is 13.0. The van der Waals surface area contributed by atoms with Crippen LogP contribution in [0.5, 0.6) is 0 Å². The smallest absolute Gasteiger partial charge is 0.260 e. The third kappa shape index (κ3) is 2.03. The summed E-state index contributed by atoms with van der Waals surface area (Å²) in [4.78, 5) is 1.75. The Labute approximate surface area is 82.5 Å². The van der Waals surface area contributed by atoms with Crippen molar-refractivity contribution in [2.24, 2.45) is 5.41 Å². The van der Waals surface area contributed by atoms with Crippen LogP contribution in [0, 0.1) is 16.7 Å². The molecular formula is C10H14F2N2. The van der Waals surface area contributed by atoms with Crippen molar-refractivity contribution in [2.45, 2.75) is 31.6 Å². The Kier molecular flexibility index (Phi) is 2.23. The summed E-state index contributed by atoms with van der Waals surface area (Å²) in [5.41, 5.74) is -0.284.